The van der Waals surface area contributed by atoms with Crippen LogP contribution in [0.25, 0.3) is 11.0 Å². The zero-order chi connectivity index (χ0) is 14.8. The Kier molecular flexibility index (Phi) is 4.01. The monoisotopic (exact) mass is 344 g/mol. The van der Waals surface area contributed by atoms with Crippen molar-refractivity contribution in [2.24, 2.45) is 0 Å². The highest BCUT2D eigenvalue weighted by Gasteiger charge is 2.11. The fraction of sp³-hybridized carbons (Fsp3) is 0.312. The Bertz CT molecular complexity index is 759. The summed E-state index contributed by atoms with van der Waals surface area (Å²) in [6.07, 6.45) is 1.80. The van der Waals surface area contributed by atoms with Gasteiger partial charge in [-0.25, -0.2) is 15.0 Å². The van der Waals surface area contributed by atoms with Crippen molar-refractivity contribution in [1.29, 1.82) is 0 Å². The summed E-state index contributed by atoms with van der Waals surface area (Å²) < 4.78 is 3.11. The number of rotatable bonds is 4. The number of aromatic nitrogens is 4. The van der Waals surface area contributed by atoms with E-state index in [1.54, 1.807) is 0 Å². The van der Waals surface area contributed by atoms with E-state index in [4.69, 9.17) is 4.98 Å². The summed E-state index contributed by atoms with van der Waals surface area (Å²) in [5.41, 5.74) is 3.23. The summed E-state index contributed by atoms with van der Waals surface area (Å²) >= 11 is 3.43. The van der Waals surface area contributed by atoms with Crippen LogP contribution in [0.4, 0.5) is 0 Å². The molecule has 3 rings (SSSR count). The molecule has 0 bridgehead atoms. The number of imidazole rings is 1. The van der Waals surface area contributed by atoms with Crippen LogP contribution >= 0.6 is 15.9 Å². The van der Waals surface area contributed by atoms with Gasteiger partial charge in [0.1, 0.15) is 16.3 Å². The Morgan fingerprint density at radius 3 is 2.71 bits per heavy atom. The fourth-order valence-electron chi connectivity index (χ4n) is 2.58. The SMILES string of the molecule is CCCn1c(Cc2cc(Br)nc(C)n2)nc2ccccc21. The molecular formula is C16H17BrN4. The van der Waals surface area contributed by atoms with Gasteiger partial charge in [-0.05, 0) is 47.5 Å². The fourth-order valence-corrected chi connectivity index (χ4v) is 3.10. The molecule has 2 aromatic heterocycles. The van der Waals surface area contributed by atoms with Crippen molar-refractivity contribution in [2.45, 2.75) is 33.2 Å². The van der Waals surface area contributed by atoms with Crippen LogP contribution in [0.15, 0.2) is 34.9 Å². The lowest BCUT2D eigenvalue weighted by atomic mass is 10.2. The molecule has 1 aromatic carbocycles. The van der Waals surface area contributed by atoms with E-state index in [0.29, 0.717) is 0 Å². The molecule has 5 heteroatoms. The van der Waals surface area contributed by atoms with Crippen LogP contribution in [-0.2, 0) is 13.0 Å². The van der Waals surface area contributed by atoms with Gasteiger partial charge >= 0.3 is 0 Å². The van der Waals surface area contributed by atoms with Gasteiger partial charge in [-0.1, -0.05) is 19.1 Å². The summed E-state index contributed by atoms with van der Waals surface area (Å²) in [5.74, 6) is 1.83. The largest absolute Gasteiger partial charge is 0.328 e. The maximum absolute atomic E-state index is 4.77. The number of para-hydroxylation sites is 2. The Morgan fingerprint density at radius 1 is 1.14 bits per heavy atom. The number of halogens is 1. The number of aryl methyl sites for hydroxylation is 2. The van der Waals surface area contributed by atoms with Gasteiger partial charge in [0.2, 0.25) is 0 Å². The molecule has 3 aromatic rings. The minimum atomic E-state index is 0.719. The van der Waals surface area contributed by atoms with Gasteiger partial charge in [-0.3, -0.25) is 0 Å². The lowest BCUT2D eigenvalue weighted by Crippen LogP contribution is -2.06. The minimum Gasteiger partial charge on any atom is -0.328 e. The van der Waals surface area contributed by atoms with E-state index in [0.717, 1.165) is 46.8 Å². The first-order chi connectivity index (χ1) is 10.2. The van der Waals surface area contributed by atoms with Crippen LogP contribution in [0.5, 0.6) is 0 Å². The van der Waals surface area contributed by atoms with Gasteiger partial charge in [-0.2, -0.15) is 0 Å². The van der Waals surface area contributed by atoms with Crippen LogP contribution < -0.4 is 0 Å². The molecule has 108 valence electrons. The molecule has 21 heavy (non-hydrogen) atoms. The highest BCUT2D eigenvalue weighted by Crippen LogP contribution is 2.19. The molecule has 0 radical (unpaired) electrons. The topological polar surface area (TPSA) is 43.6 Å². The summed E-state index contributed by atoms with van der Waals surface area (Å²) in [6, 6.07) is 10.2. The quantitative estimate of drug-likeness (QED) is 0.674. The average molecular weight is 345 g/mol. The molecule has 0 saturated carbocycles. The van der Waals surface area contributed by atoms with E-state index < -0.39 is 0 Å². The van der Waals surface area contributed by atoms with Gasteiger partial charge in [0.25, 0.3) is 0 Å². The molecule has 0 N–H and O–H groups in total. The van der Waals surface area contributed by atoms with Crippen LogP contribution in [0, 0.1) is 6.92 Å². The number of hydrogen-bond donors (Lipinski definition) is 0. The van der Waals surface area contributed by atoms with Gasteiger partial charge in [0.05, 0.1) is 16.7 Å². The molecule has 2 heterocycles. The molecule has 0 aliphatic heterocycles. The van der Waals surface area contributed by atoms with Crippen molar-refractivity contribution in [2.75, 3.05) is 0 Å². The minimum absolute atomic E-state index is 0.719. The number of fused-ring (bicyclic) bond motifs is 1. The Labute approximate surface area is 132 Å². The first-order valence-corrected chi connectivity index (χ1v) is 7.91. The van der Waals surface area contributed by atoms with Crippen LogP contribution in [0.2, 0.25) is 0 Å². The molecule has 0 fully saturated rings. The third-order valence-corrected chi connectivity index (χ3v) is 3.79. The zero-order valence-electron chi connectivity index (χ0n) is 12.2. The van der Waals surface area contributed by atoms with Crippen molar-refractivity contribution in [3.63, 3.8) is 0 Å². The van der Waals surface area contributed by atoms with Crippen molar-refractivity contribution in [3.05, 3.63) is 52.3 Å². The van der Waals surface area contributed by atoms with E-state index in [1.807, 2.05) is 19.1 Å². The van der Waals surface area contributed by atoms with Crippen molar-refractivity contribution in [1.82, 2.24) is 19.5 Å². The van der Waals surface area contributed by atoms with Crippen molar-refractivity contribution in [3.8, 4) is 0 Å². The molecule has 0 atom stereocenters. The normalized spacial score (nSPS) is 11.2. The number of hydrogen-bond acceptors (Lipinski definition) is 3. The Hall–Kier alpha value is -1.75. The van der Waals surface area contributed by atoms with Crippen LogP contribution in [0.1, 0.15) is 30.7 Å². The van der Waals surface area contributed by atoms with Crippen molar-refractivity contribution >= 4 is 27.0 Å². The van der Waals surface area contributed by atoms with E-state index in [-0.39, 0.29) is 0 Å². The van der Waals surface area contributed by atoms with Gasteiger partial charge in [0.15, 0.2) is 0 Å². The second-order valence-corrected chi connectivity index (χ2v) is 5.89. The molecule has 0 spiro atoms. The summed E-state index contributed by atoms with van der Waals surface area (Å²) in [4.78, 5) is 13.5. The molecule has 0 saturated heterocycles. The highest BCUT2D eigenvalue weighted by molar-refractivity contribution is 9.10. The first-order valence-electron chi connectivity index (χ1n) is 7.11. The third-order valence-electron chi connectivity index (χ3n) is 3.38. The summed E-state index contributed by atoms with van der Waals surface area (Å²) in [5, 5.41) is 0. The van der Waals surface area contributed by atoms with E-state index >= 15 is 0 Å². The van der Waals surface area contributed by atoms with Gasteiger partial charge in [-0.15, -0.1) is 0 Å². The lowest BCUT2D eigenvalue weighted by Gasteiger charge is -2.08. The van der Waals surface area contributed by atoms with Gasteiger partial charge in [0, 0.05) is 13.0 Å². The number of nitrogens with zero attached hydrogens (tertiary/aromatic N) is 4. The highest BCUT2D eigenvalue weighted by atomic mass is 79.9. The maximum Gasteiger partial charge on any atom is 0.126 e. The lowest BCUT2D eigenvalue weighted by molar-refractivity contribution is 0.661. The molecule has 0 aliphatic carbocycles. The zero-order valence-corrected chi connectivity index (χ0v) is 13.8. The Morgan fingerprint density at radius 2 is 1.95 bits per heavy atom. The van der Waals surface area contributed by atoms with E-state index in [9.17, 15) is 0 Å². The van der Waals surface area contributed by atoms with E-state index in [1.165, 1.54) is 5.52 Å². The van der Waals surface area contributed by atoms with Crippen LogP contribution in [0.3, 0.4) is 0 Å². The predicted octanol–water partition coefficient (Wildman–Crippen LogP) is 3.90. The molecule has 4 nitrogen and oxygen atoms in total. The molecule has 0 aliphatic rings. The summed E-state index contributed by atoms with van der Waals surface area (Å²) in [6.45, 7) is 5.06. The van der Waals surface area contributed by atoms with Crippen molar-refractivity contribution < 1.29 is 0 Å². The van der Waals surface area contributed by atoms with Gasteiger partial charge < -0.3 is 4.57 Å². The van der Waals surface area contributed by atoms with E-state index in [2.05, 4.69) is 55.6 Å². The first kappa shape index (κ1) is 14.2. The predicted molar refractivity (Wildman–Crippen MR) is 87.3 cm³/mol. The molecular weight excluding hydrogens is 328 g/mol. The smallest absolute Gasteiger partial charge is 0.126 e. The number of benzene rings is 1. The van der Waals surface area contributed by atoms with Crippen LogP contribution in [-0.4, -0.2) is 19.5 Å². The standard InChI is InChI=1S/C16H17BrN4/c1-3-8-21-14-7-5-4-6-13(14)20-16(21)10-12-9-15(17)19-11(2)18-12/h4-7,9H,3,8,10H2,1-2H3. The third kappa shape index (κ3) is 2.97. The second kappa shape index (κ2) is 5.93. The molecule has 0 unspecified atom stereocenters. The summed E-state index contributed by atoms with van der Waals surface area (Å²) in [7, 11) is 0. The Balaban J connectivity index is 2.04. The molecule has 0 amide bonds. The average Bonchev–Trinajstić information content (AvgIpc) is 2.76. The second-order valence-electron chi connectivity index (χ2n) is 5.07. The maximum atomic E-state index is 4.77.